The lowest BCUT2D eigenvalue weighted by Crippen LogP contribution is -2.40. The smallest absolute Gasteiger partial charge is 0.223 e. The lowest BCUT2D eigenvalue weighted by Gasteiger charge is -2.31. The second-order valence-electron chi connectivity index (χ2n) is 8.71. The third kappa shape index (κ3) is 6.69. The molecule has 2 aliphatic heterocycles. The molecule has 4 rings (SSSR count). The van der Waals surface area contributed by atoms with Gasteiger partial charge in [-0.05, 0) is 54.8 Å². The normalized spacial score (nSPS) is 18.6. The van der Waals surface area contributed by atoms with Crippen LogP contribution in [0.15, 0.2) is 42.5 Å². The topological polar surface area (TPSA) is 44.8 Å². The number of benzene rings is 2. The zero-order valence-electron chi connectivity index (χ0n) is 18.4. The summed E-state index contributed by atoms with van der Waals surface area (Å²) in [6.45, 7) is 7.73. The number of hydrogen-bond acceptors (Lipinski definition) is 4. The molecule has 0 aromatic heterocycles. The second kappa shape index (κ2) is 11.5. The average molecular weight is 476 g/mol. The van der Waals surface area contributed by atoms with Crippen molar-refractivity contribution in [1.29, 1.82) is 0 Å². The molecule has 0 unspecified atom stereocenters. The predicted molar refractivity (Wildman–Crippen MR) is 129 cm³/mol. The Kier molecular flexibility index (Phi) is 8.44. The number of halogens is 2. The number of ether oxygens (including phenoxy) is 1. The number of hydrogen-bond donors (Lipinski definition) is 1. The molecular formula is C25H31Cl2N3O2. The van der Waals surface area contributed by atoms with Crippen molar-refractivity contribution in [2.45, 2.75) is 32.5 Å². The highest BCUT2D eigenvalue weighted by Crippen LogP contribution is 2.25. The van der Waals surface area contributed by atoms with Crippen molar-refractivity contribution in [3.63, 3.8) is 0 Å². The number of nitrogens with zero attached hydrogens (tertiary/aromatic N) is 2. The number of carbonyl (C=O) groups excluding carboxylic acids is 1. The van der Waals surface area contributed by atoms with Gasteiger partial charge in [-0.3, -0.25) is 14.6 Å². The Morgan fingerprint density at radius 2 is 1.56 bits per heavy atom. The summed E-state index contributed by atoms with van der Waals surface area (Å²) in [6, 6.07) is 14.2. The van der Waals surface area contributed by atoms with E-state index in [0.717, 1.165) is 76.5 Å². The van der Waals surface area contributed by atoms with Crippen molar-refractivity contribution in [3.8, 4) is 0 Å². The summed E-state index contributed by atoms with van der Waals surface area (Å²) in [5, 5.41) is 4.48. The van der Waals surface area contributed by atoms with Crippen molar-refractivity contribution in [2.24, 2.45) is 5.92 Å². The van der Waals surface area contributed by atoms with E-state index >= 15 is 0 Å². The molecule has 2 heterocycles. The molecule has 32 heavy (non-hydrogen) atoms. The van der Waals surface area contributed by atoms with Gasteiger partial charge in [0.15, 0.2) is 0 Å². The zero-order valence-corrected chi connectivity index (χ0v) is 19.9. The van der Waals surface area contributed by atoms with Crippen LogP contribution in [-0.2, 0) is 29.2 Å². The standard InChI is InChI=1S/C25H31Cl2N3O2/c26-23-6-5-22(24(27)15-23)18-29-9-7-21(8-10-29)25(31)28-16-19-1-3-20(4-2-19)17-30-11-13-32-14-12-30/h1-6,15,21H,7-14,16-18H2,(H,28,31). The van der Waals surface area contributed by atoms with Crippen molar-refractivity contribution < 1.29 is 9.53 Å². The molecule has 2 saturated heterocycles. The number of nitrogens with one attached hydrogen (secondary N) is 1. The van der Waals surface area contributed by atoms with Crippen LogP contribution in [-0.4, -0.2) is 55.1 Å². The van der Waals surface area contributed by atoms with E-state index in [0.29, 0.717) is 16.6 Å². The van der Waals surface area contributed by atoms with Crippen molar-refractivity contribution >= 4 is 29.1 Å². The Labute approximate surface area is 200 Å². The van der Waals surface area contributed by atoms with E-state index in [1.807, 2.05) is 12.1 Å². The van der Waals surface area contributed by atoms with Crippen LogP contribution in [0, 0.1) is 5.92 Å². The summed E-state index contributed by atoms with van der Waals surface area (Å²) >= 11 is 12.3. The summed E-state index contributed by atoms with van der Waals surface area (Å²) in [6.07, 6.45) is 1.74. The van der Waals surface area contributed by atoms with Crippen molar-refractivity contribution in [1.82, 2.24) is 15.1 Å². The predicted octanol–water partition coefficient (Wildman–Crippen LogP) is 4.35. The number of rotatable bonds is 7. The molecule has 2 aromatic carbocycles. The molecule has 0 spiro atoms. The van der Waals surface area contributed by atoms with Gasteiger partial charge in [0.25, 0.3) is 0 Å². The molecule has 0 radical (unpaired) electrons. The number of amides is 1. The van der Waals surface area contributed by atoms with Gasteiger partial charge >= 0.3 is 0 Å². The van der Waals surface area contributed by atoms with Gasteiger partial charge in [-0.25, -0.2) is 0 Å². The number of carbonyl (C=O) groups is 1. The Balaban J connectivity index is 1.18. The number of morpholine rings is 1. The first-order valence-electron chi connectivity index (χ1n) is 11.4. The highest BCUT2D eigenvalue weighted by molar-refractivity contribution is 6.35. The van der Waals surface area contributed by atoms with Gasteiger partial charge < -0.3 is 10.1 Å². The largest absolute Gasteiger partial charge is 0.379 e. The van der Waals surface area contributed by atoms with Gasteiger partial charge in [-0.2, -0.15) is 0 Å². The maximum Gasteiger partial charge on any atom is 0.223 e. The molecule has 0 bridgehead atoms. The number of likely N-dealkylation sites (tertiary alicyclic amines) is 1. The van der Waals surface area contributed by atoms with Gasteiger partial charge in [-0.15, -0.1) is 0 Å². The average Bonchev–Trinajstić information content (AvgIpc) is 2.81. The fourth-order valence-electron chi connectivity index (χ4n) is 4.36. The van der Waals surface area contributed by atoms with Gasteiger partial charge in [0.05, 0.1) is 13.2 Å². The summed E-state index contributed by atoms with van der Waals surface area (Å²) in [5.41, 5.74) is 3.52. The Hall–Kier alpha value is -1.63. The van der Waals surface area contributed by atoms with Gasteiger partial charge in [0.1, 0.15) is 0 Å². The van der Waals surface area contributed by atoms with Gasteiger partial charge in [-0.1, -0.05) is 53.5 Å². The lowest BCUT2D eigenvalue weighted by molar-refractivity contribution is -0.126. The minimum atomic E-state index is 0.0764. The molecule has 2 aromatic rings. The van der Waals surface area contributed by atoms with E-state index in [4.69, 9.17) is 27.9 Å². The molecule has 1 amide bonds. The van der Waals surface area contributed by atoms with Crippen LogP contribution in [0.25, 0.3) is 0 Å². The lowest BCUT2D eigenvalue weighted by atomic mass is 9.95. The van der Waals surface area contributed by atoms with E-state index in [9.17, 15) is 4.79 Å². The second-order valence-corrected chi connectivity index (χ2v) is 9.55. The first-order valence-corrected chi connectivity index (χ1v) is 12.1. The van der Waals surface area contributed by atoms with Crippen LogP contribution in [0.4, 0.5) is 0 Å². The highest BCUT2D eigenvalue weighted by atomic mass is 35.5. The van der Waals surface area contributed by atoms with E-state index in [2.05, 4.69) is 39.4 Å². The van der Waals surface area contributed by atoms with E-state index in [-0.39, 0.29) is 11.8 Å². The minimum Gasteiger partial charge on any atom is -0.379 e. The molecule has 0 aliphatic carbocycles. The fourth-order valence-corrected chi connectivity index (χ4v) is 4.83. The highest BCUT2D eigenvalue weighted by Gasteiger charge is 2.25. The van der Waals surface area contributed by atoms with Crippen LogP contribution in [0.1, 0.15) is 29.5 Å². The van der Waals surface area contributed by atoms with Crippen molar-refractivity contribution in [2.75, 3.05) is 39.4 Å². The SMILES string of the molecule is O=C(NCc1ccc(CN2CCOCC2)cc1)C1CCN(Cc2ccc(Cl)cc2Cl)CC1. The summed E-state index contributed by atoms with van der Waals surface area (Å²) in [5.74, 6) is 0.235. The first kappa shape index (κ1) is 23.5. The third-order valence-corrected chi connectivity index (χ3v) is 6.95. The fraction of sp³-hybridized carbons (Fsp3) is 0.480. The molecule has 0 saturated carbocycles. The van der Waals surface area contributed by atoms with E-state index < -0.39 is 0 Å². The monoisotopic (exact) mass is 475 g/mol. The quantitative estimate of drug-likeness (QED) is 0.646. The van der Waals surface area contributed by atoms with Gasteiger partial charge in [0.2, 0.25) is 5.91 Å². The molecule has 1 N–H and O–H groups in total. The van der Waals surface area contributed by atoms with E-state index in [1.165, 1.54) is 5.56 Å². The summed E-state index contributed by atoms with van der Waals surface area (Å²) < 4.78 is 5.41. The summed E-state index contributed by atoms with van der Waals surface area (Å²) in [4.78, 5) is 17.4. The van der Waals surface area contributed by atoms with Crippen LogP contribution in [0.5, 0.6) is 0 Å². The summed E-state index contributed by atoms with van der Waals surface area (Å²) in [7, 11) is 0. The van der Waals surface area contributed by atoms with Crippen LogP contribution in [0.2, 0.25) is 10.0 Å². The Bertz CT molecular complexity index is 893. The molecule has 7 heteroatoms. The molecule has 2 aliphatic rings. The Morgan fingerprint density at radius 1 is 0.906 bits per heavy atom. The molecule has 2 fully saturated rings. The molecule has 0 atom stereocenters. The van der Waals surface area contributed by atoms with Crippen molar-refractivity contribution in [3.05, 3.63) is 69.2 Å². The minimum absolute atomic E-state index is 0.0764. The van der Waals surface area contributed by atoms with Crippen LogP contribution < -0.4 is 5.32 Å². The molecule has 172 valence electrons. The van der Waals surface area contributed by atoms with Crippen LogP contribution >= 0.6 is 23.2 Å². The third-order valence-electron chi connectivity index (χ3n) is 6.37. The Morgan fingerprint density at radius 3 is 2.25 bits per heavy atom. The first-order chi connectivity index (χ1) is 15.6. The zero-order chi connectivity index (χ0) is 22.3. The van der Waals surface area contributed by atoms with E-state index in [1.54, 1.807) is 6.07 Å². The van der Waals surface area contributed by atoms with Crippen LogP contribution in [0.3, 0.4) is 0 Å². The van der Waals surface area contributed by atoms with Gasteiger partial charge in [0, 0.05) is 48.7 Å². The molecular weight excluding hydrogens is 445 g/mol. The maximum absolute atomic E-state index is 12.7. The number of piperidine rings is 1. The maximum atomic E-state index is 12.7. The molecule has 5 nitrogen and oxygen atoms in total.